The van der Waals surface area contributed by atoms with Gasteiger partial charge in [-0.1, -0.05) is 18.1 Å². The number of hydrogen-bond acceptors (Lipinski definition) is 8. The van der Waals surface area contributed by atoms with E-state index in [1.54, 1.807) is 13.0 Å². The summed E-state index contributed by atoms with van der Waals surface area (Å²) in [5.74, 6) is -1.68. The first-order valence-corrected chi connectivity index (χ1v) is 14.6. The van der Waals surface area contributed by atoms with Gasteiger partial charge in [0.25, 0.3) is 0 Å². The van der Waals surface area contributed by atoms with E-state index in [1.807, 2.05) is 6.92 Å². The zero-order valence-corrected chi connectivity index (χ0v) is 24.9. The van der Waals surface area contributed by atoms with Gasteiger partial charge in [-0.25, -0.2) is 4.79 Å². The normalized spacial score (nSPS) is 25.2. The van der Waals surface area contributed by atoms with Crippen LogP contribution in [0.25, 0.3) is 11.3 Å². The van der Waals surface area contributed by atoms with Crippen LogP contribution in [0.3, 0.4) is 0 Å². The molecule has 222 valence electrons. The number of hydrogen-bond donors (Lipinski definition) is 1. The molecular weight excluding hydrogens is 536 g/mol. The molecule has 0 unspecified atom stereocenters. The zero-order chi connectivity index (χ0) is 30.4. The molecular formula is C34H38O8. The fraction of sp³-hybridized carbons (Fsp3) is 0.471. The molecule has 3 aliphatic rings. The van der Waals surface area contributed by atoms with E-state index < -0.39 is 28.7 Å². The predicted molar refractivity (Wildman–Crippen MR) is 155 cm³/mol. The molecule has 0 aliphatic heterocycles. The first-order chi connectivity index (χ1) is 19.9. The SMILES string of the molecule is CCOC(=O)c1c(O)cc2c(c1-c1occc1CCC1=C(C)CC[C@H]3C[C@@](C)(C(=O)OC)CC[C@]13C)C(=O)C=CC2=O. The number of benzene rings is 1. The summed E-state index contributed by atoms with van der Waals surface area (Å²) in [7, 11) is 1.46. The number of ether oxygens (including phenoxy) is 2. The molecule has 3 atom stereocenters. The Hall–Kier alpha value is -3.94. The van der Waals surface area contributed by atoms with Crippen LogP contribution >= 0.6 is 0 Å². The molecule has 42 heavy (non-hydrogen) atoms. The third-order valence-electron chi connectivity index (χ3n) is 9.85. The van der Waals surface area contributed by atoms with Crippen molar-refractivity contribution in [3.8, 4) is 17.1 Å². The number of carbonyl (C=O) groups is 4. The maximum atomic E-state index is 13.1. The highest BCUT2D eigenvalue weighted by molar-refractivity contribution is 6.26. The molecule has 0 saturated heterocycles. The van der Waals surface area contributed by atoms with Crippen molar-refractivity contribution in [1.82, 2.24) is 0 Å². The lowest BCUT2D eigenvalue weighted by atomic mass is 9.52. The highest BCUT2D eigenvalue weighted by atomic mass is 16.5. The van der Waals surface area contributed by atoms with E-state index in [1.165, 1.54) is 30.6 Å². The van der Waals surface area contributed by atoms with Gasteiger partial charge in [-0.2, -0.15) is 0 Å². The van der Waals surface area contributed by atoms with Crippen LogP contribution in [0, 0.1) is 16.7 Å². The third-order valence-corrected chi connectivity index (χ3v) is 9.85. The summed E-state index contributed by atoms with van der Waals surface area (Å²) in [6, 6.07) is 2.96. The second-order valence-corrected chi connectivity index (χ2v) is 12.3. The molecule has 0 amide bonds. The summed E-state index contributed by atoms with van der Waals surface area (Å²) in [5, 5.41) is 10.9. The van der Waals surface area contributed by atoms with Gasteiger partial charge in [-0.05, 0) is 107 Å². The summed E-state index contributed by atoms with van der Waals surface area (Å²) >= 11 is 0. The Bertz CT molecular complexity index is 1540. The number of phenols is 1. The number of aryl methyl sites for hydroxylation is 1. The van der Waals surface area contributed by atoms with E-state index in [2.05, 4.69) is 13.8 Å². The maximum absolute atomic E-state index is 13.1. The number of fused-ring (bicyclic) bond motifs is 2. The van der Waals surface area contributed by atoms with Crippen molar-refractivity contribution in [3.05, 3.63) is 63.9 Å². The number of allylic oxidation sites excluding steroid dienone is 4. The first kappa shape index (κ1) is 29.5. The lowest BCUT2D eigenvalue weighted by Crippen LogP contribution is -2.45. The second-order valence-electron chi connectivity index (χ2n) is 12.3. The molecule has 1 aromatic heterocycles. The van der Waals surface area contributed by atoms with Gasteiger partial charge in [-0.3, -0.25) is 14.4 Å². The number of phenolic OH excluding ortho intramolecular Hbond substituents is 1. The number of ketones is 2. The smallest absolute Gasteiger partial charge is 0.342 e. The number of carbonyl (C=O) groups excluding carboxylic acids is 4. The number of aromatic hydroxyl groups is 1. The van der Waals surface area contributed by atoms with Gasteiger partial charge in [0, 0.05) is 16.7 Å². The van der Waals surface area contributed by atoms with Crippen molar-refractivity contribution in [2.45, 2.75) is 72.6 Å². The summed E-state index contributed by atoms with van der Waals surface area (Å²) in [6.07, 6.45) is 9.51. The zero-order valence-electron chi connectivity index (χ0n) is 24.9. The molecule has 1 aromatic carbocycles. The Morgan fingerprint density at radius 1 is 1.10 bits per heavy atom. The van der Waals surface area contributed by atoms with E-state index in [4.69, 9.17) is 13.9 Å². The molecule has 1 heterocycles. The van der Waals surface area contributed by atoms with Gasteiger partial charge >= 0.3 is 11.9 Å². The van der Waals surface area contributed by atoms with Crippen LogP contribution in [0.15, 0.2) is 46.1 Å². The van der Waals surface area contributed by atoms with Crippen LogP contribution in [-0.4, -0.2) is 42.3 Å². The quantitative estimate of drug-likeness (QED) is 0.283. The van der Waals surface area contributed by atoms with Crippen LogP contribution in [0.4, 0.5) is 0 Å². The Morgan fingerprint density at radius 3 is 2.55 bits per heavy atom. The van der Waals surface area contributed by atoms with Crippen LogP contribution < -0.4 is 0 Å². The van der Waals surface area contributed by atoms with Gasteiger partial charge in [0.05, 0.1) is 25.4 Å². The van der Waals surface area contributed by atoms with E-state index in [-0.39, 0.29) is 46.0 Å². The summed E-state index contributed by atoms with van der Waals surface area (Å²) in [4.78, 5) is 51.5. The van der Waals surface area contributed by atoms with Crippen molar-refractivity contribution < 1.29 is 38.2 Å². The molecule has 3 aliphatic carbocycles. The van der Waals surface area contributed by atoms with Crippen molar-refractivity contribution in [1.29, 1.82) is 0 Å². The largest absolute Gasteiger partial charge is 0.507 e. The van der Waals surface area contributed by atoms with Crippen molar-refractivity contribution >= 4 is 23.5 Å². The summed E-state index contributed by atoms with van der Waals surface area (Å²) in [6.45, 7) is 8.22. The molecule has 0 spiro atoms. The van der Waals surface area contributed by atoms with Gasteiger partial charge < -0.3 is 19.0 Å². The topological polar surface area (TPSA) is 120 Å². The van der Waals surface area contributed by atoms with Gasteiger partial charge in [0.15, 0.2) is 11.6 Å². The number of esters is 2. The number of methoxy groups -OCH3 is 1. The van der Waals surface area contributed by atoms with Gasteiger partial charge in [-0.15, -0.1) is 0 Å². The van der Waals surface area contributed by atoms with E-state index in [0.29, 0.717) is 12.3 Å². The molecule has 0 radical (unpaired) electrons. The Kier molecular flexibility index (Phi) is 7.77. The fourth-order valence-corrected chi connectivity index (χ4v) is 7.48. The summed E-state index contributed by atoms with van der Waals surface area (Å²) < 4.78 is 16.3. The minimum Gasteiger partial charge on any atom is -0.507 e. The number of rotatable bonds is 7. The van der Waals surface area contributed by atoms with Gasteiger partial charge in [0.1, 0.15) is 17.1 Å². The molecule has 5 rings (SSSR count). The average molecular weight is 575 g/mol. The van der Waals surface area contributed by atoms with E-state index >= 15 is 0 Å². The van der Waals surface area contributed by atoms with Crippen molar-refractivity contribution in [3.63, 3.8) is 0 Å². The Balaban J connectivity index is 1.52. The number of furan rings is 1. The fourth-order valence-electron chi connectivity index (χ4n) is 7.48. The minimum atomic E-state index is -0.804. The lowest BCUT2D eigenvalue weighted by Gasteiger charge is -2.52. The molecule has 0 bridgehead atoms. The van der Waals surface area contributed by atoms with Crippen LogP contribution in [-0.2, 0) is 20.7 Å². The van der Waals surface area contributed by atoms with Crippen LogP contribution in [0.1, 0.15) is 103 Å². The molecule has 1 fully saturated rings. The maximum Gasteiger partial charge on any atom is 0.342 e. The highest BCUT2D eigenvalue weighted by Gasteiger charge is 2.51. The Labute approximate surface area is 245 Å². The minimum absolute atomic E-state index is 0.0162. The van der Waals surface area contributed by atoms with Crippen molar-refractivity contribution in [2.24, 2.45) is 16.7 Å². The standard InChI is InChI=1S/C34H38O8/c1-6-41-31(38)28-26(37)17-22-24(35)11-12-25(36)27(22)29(28)30-20(13-16-42-30)8-10-23-19(2)7-9-21-18-33(3,32(39)40-5)14-15-34(21,23)4/h11-13,16-17,21,37H,6-10,14-15,18H2,1-5H3/t21-,33-,34-/m0/s1. The van der Waals surface area contributed by atoms with Crippen LogP contribution in [0.5, 0.6) is 5.75 Å². The lowest BCUT2D eigenvalue weighted by molar-refractivity contribution is -0.157. The van der Waals surface area contributed by atoms with Gasteiger partial charge in [0.2, 0.25) is 0 Å². The third kappa shape index (κ3) is 4.80. The molecule has 1 N–H and O–H groups in total. The average Bonchev–Trinajstić information content (AvgIpc) is 3.42. The molecule has 8 nitrogen and oxygen atoms in total. The molecule has 1 saturated carbocycles. The van der Waals surface area contributed by atoms with E-state index in [9.17, 15) is 24.3 Å². The predicted octanol–water partition coefficient (Wildman–Crippen LogP) is 6.79. The van der Waals surface area contributed by atoms with E-state index in [0.717, 1.165) is 56.2 Å². The molecule has 8 heteroatoms. The monoisotopic (exact) mass is 574 g/mol. The highest BCUT2D eigenvalue weighted by Crippen LogP contribution is 2.58. The first-order valence-electron chi connectivity index (χ1n) is 14.6. The molecule has 2 aromatic rings. The Morgan fingerprint density at radius 2 is 1.83 bits per heavy atom. The van der Waals surface area contributed by atoms with Crippen molar-refractivity contribution in [2.75, 3.05) is 13.7 Å². The second kappa shape index (κ2) is 11.0. The van der Waals surface area contributed by atoms with Crippen LogP contribution in [0.2, 0.25) is 0 Å². The summed E-state index contributed by atoms with van der Waals surface area (Å²) in [5.41, 5.74) is 2.86.